The number of fused-ring (bicyclic) bond motifs is 1. The summed E-state index contributed by atoms with van der Waals surface area (Å²) >= 11 is 0. The van der Waals surface area contributed by atoms with Crippen molar-refractivity contribution in [2.45, 2.75) is 19.3 Å². The molecule has 0 nitrogen and oxygen atoms in total. The van der Waals surface area contributed by atoms with Crippen molar-refractivity contribution in [3.05, 3.63) is 40.7 Å². The van der Waals surface area contributed by atoms with Crippen molar-refractivity contribution < 1.29 is 0 Å². The van der Waals surface area contributed by atoms with Gasteiger partial charge in [0.15, 0.2) is 0 Å². The van der Waals surface area contributed by atoms with Crippen molar-refractivity contribution in [3.63, 3.8) is 0 Å². The fraction of sp³-hybridized carbons (Fsp3) is 0.385. The lowest BCUT2D eigenvalue weighted by Gasteiger charge is -2.10. The van der Waals surface area contributed by atoms with Gasteiger partial charge in [0.25, 0.3) is 0 Å². The maximum atomic E-state index is 2.46. The molecule has 0 radical (unpaired) electrons. The summed E-state index contributed by atoms with van der Waals surface area (Å²) in [6.07, 6.45) is 9.65. The standard InChI is InChI=1S/C13H15P/c1-2-6-12-10-13(9-11(12)5-1)14-7-3-4-8-14/h1-2,5-6,9H,3-4,7-8,10H2. The van der Waals surface area contributed by atoms with E-state index < -0.39 is 0 Å². The second-order valence-corrected chi connectivity index (χ2v) is 6.75. The van der Waals surface area contributed by atoms with Gasteiger partial charge in [-0.05, 0) is 48.0 Å². The van der Waals surface area contributed by atoms with Gasteiger partial charge in [0.2, 0.25) is 0 Å². The van der Waals surface area contributed by atoms with Crippen molar-refractivity contribution >= 4 is 14.0 Å². The van der Waals surface area contributed by atoms with E-state index in [1.807, 2.05) is 0 Å². The van der Waals surface area contributed by atoms with Gasteiger partial charge in [-0.3, -0.25) is 0 Å². The maximum Gasteiger partial charge on any atom is -0.00152 e. The van der Waals surface area contributed by atoms with Gasteiger partial charge >= 0.3 is 0 Å². The predicted molar refractivity (Wildman–Crippen MR) is 64.0 cm³/mol. The Morgan fingerprint density at radius 1 is 1.00 bits per heavy atom. The van der Waals surface area contributed by atoms with Crippen molar-refractivity contribution in [3.8, 4) is 0 Å². The molecule has 0 unspecified atom stereocenters. The molecule has 1 heteroatoms. The highest BCUT2D eigenvalue weighted by Gasteiger charge is 2.22. The molecule has 1 aliphatic carbocycles. The fourth-order valence-electron chi connectivity index (χ4n) is 2.47. The number of rotatable bonds is 1. The molecule has 2 aliphatic rings. The average Bonchev–Trinajstić information content (AvgIpc) is 2.86. The third-order valence-corrected chi connectivity index (χ3v) is 6.07. The fourth-order valence-corrected chi connectivity index (χ4v) is 5.19. The van der Waals surface area contributed by atoms with Gasteiger partial charge < -0.3 is 0 Å². The molecule has 1 aromatic rings. The molecule has 0 aromatic heterocycles. The van der Waals surface area contributed by atoms with Crippen molar-refractivity contribution in [2.24, 2.45) is 0 Å². The smallest absolute Gasteiger partial charge is 0.00152 e. The lowest BCUT2D eigenvalue weighted by atomic mass is 10.1. The lowest BCUT2D eigenvalue weighted by molar-refractivity contribution is 0.949. The summed E-state index contributed by atoms with van der Waals surface area (Å²) in [4.78, 5) is 0. The van der Waals surface area contributed by atoms with Crippen LogP contribution in [0.3, 0.4) is 0 Å². The Balaban J connectivity index is 1.87. The lowest BCUT2D eigenvalue weighted by Crippen LogP contribution is -1.85. The largest absolute Gasteiger partial charge is 0.0794 e. The quantitative estimate of drug-likeness (QED) is 0.606. The van der Waals surface area contributed by atoms with E-state index in [4.69, 9.17) is 0 Å². The molecular formula is C13H15P. The summed E-state index contributed by atoms with van der Waals surface area (Å²) in [7, 11) is 0.269. The topological polar surface area (TPSA) is 0 Å². The molecule has 0 spiro atoms. The normalized spacial score (nSPS) is 21.0. The number of hydrogen-bond acceptors (Lipinski definition) is 0. The Morgan fingerprint density at radius 3 is 2.57 bits per heavy atom. The van der Waals surface area contributed by atoms with Crippen LogP contribution in [-0.4, -0.2) is 12.3 Å². The molecule has 0 saturated carbocycles. The van der Waals surface area contributed by atoms with E-state index in [0.29, 0.717) is 0 Å². The first kappa shape index (κ1) is 8.68. The third kappa shape index (κ3) is 1.42. The third-order valence-electron chi connectivity index (χ3n) is 3.26. The molecule has 1 aromatic carbocycles. The Morgan fingerprint density at radius 2 is 1.79 bits per heavy atom. The van der Waals surface area contributed by atoms with Crippen molar-refractivity contribution in [2.75, 3.05) is 12.3 Å². The van der Waals surface area contributed by atoms with Crippen molar-refractivity contribution in [1.29, 1.82) is 0 Å². The zero-order chi connectivity index (χ0) is 9.38. The van der Waals surface area contributed by atoms with Gasteiger partial charge in [0, 0.05) is 0 Å². The molecule has 0 bridgehead atoms. The van der Waals surface area contributed by atoms with Gasteiger partial charge in [-0.1, -0.05) is 38.3 Å². The highest BCUT2D eigenvalue weighted by atomic mass is 31.1. The van der Waals surface area contributed by atoms with Crippen LogP contribution in [0, 0.1) is 0 Å². The molecule has 0 atom stereocenters. The number of allylic oxidation sites excluding steroid dienone is 1. The van der Waals surface area contributed by atoms with Crippen LogP contribution in [0.4, 0.5) is 0 Å². The molecule has 14 heavy (non-hydrogen) atoms. The minimum absolute atomic E-state index is 0.269. The highest BCUT2D eigenvalue weighted by Crippen LogP contribution is 2.54. The summed E-state index contributed by atoms with van der Waals surface area (Å²) in [5.41, 5.74) is 3.04. The maximum absolute atomic E-state index is 2.46. The second-order valence-electron chi connectivity index (χ2n) is 4.21. The van der Waals surface area contributed by atoms with Gasteiger partial charge in [0.05, 0.1) is 0 Å². The summed E-state index contributed by atoms with van der Waals surface area (Å²) in [6, 6.07) is 8.86. The summed E-state index contributed by atoms with van der Waals surface area (Å²) < 4.78 is 0. The first-order valence-corrected chi connectivity index (χ1v) is 7.18. The summed E-state index contributed by atoms with van der Waals surface area (Å²) in [5.74, 6) is 0. The Bertz CT molecular complexity index is 373. The molecule has 1 heterocycles. The molecule has 1 aliphatic heterocycles. The van der Waals surface area contributed by atoms with Gasteiger partial charge in [-0.15, -0.1) is 0 Å². The summed E-state index contributed by atoms with van der Waals surface area (Å²) in [6.45, 7) is 0. The monoisotopic (exact) mass is 202 g/mol. The Labute approximate surface area is 86.8 Å². The zero-order valence-corrected chi connectivity index (χ0v) is 9.26. The van der Waals surface area contributed by atoms with Crippen LogP contribution < -0.4 is 0 Å². The minimum atomic E-state index is 0.269. The van der Waals surface area contributed by atoms with Crippen LogP contribution in [-0.2, 0) is 6.42 Å². The predicted octanol–water partition coefficient (Wildman–Crippen LogP) is 3.86. The van der Waals surface area contributed by atoms with Crippen LogP contribution >= 0.6 is 7.92 Å². The molecule has 3 rings (SSSR count). The Hall–Kier alpha value is -0.610. The van der Waals surface area contributed by atoms with Gasteiger partial charge in [0.1, 0.15) is 0 Å². The SMILES string of the molecule is C1=C(P2CCCC2)Cc2ccccc21. The van der Waals surface area contributed by atoms with Crippen LogP contribution in [0.1, 0.15) is 24.0 Å². The van der Waals surface area contributed by atoms with E-state index >= 15 is 0 Å². The van der Waals surface area contributed by atoms with Gasteiger partial charge in [-0.2, -0.15) is 0 Å². The van der Waals surface area contributed by atoms with E-state index in [1.54, 1.807) is 10.9 Å². The minimum Gasteiger partial charge on any atom is -0.0794 e. The number of benzene rings is 1. The van der Waals surface area contributed by atoms with Gasteiger partial charge in [-0.25, -0.2) is 0 Å². The molecule has 1 saturated heterocycles. The first-order chi connectivity index (χ1) is 6.93. The average molecular weight is 202 g/mol. The Kier molecular flexibility index (Phi) is 2.18. The number of hydrogen-bond donors (Lipinski definition) is 0. The van der Waals surface area contributed by atoms with E-state index in [1.165, 1.54) is 37.1 Å². The first-order valence-electron chi connectivity index (χ1n) is 5.47. The van der Waals surface area contributed by atoms with Crippen LogP contribution in [0.5, 0.6) is 0 Å². The zero-order valence-electron chi connectivity index (χ0n) is 8.37. The van der Waals surface area contributed by atoms with Crippen LogP contribution in [0.25, 0.3) is 6.08 Å². The van der Waals surface area contributed by atoms with Crippen molar-refractivity contribution in [1.82, 2.24) is 0 Å². The highest BCUT2D eigenvalue weighted by molar-refractivity contribution is 7.62. The van der Waals surface area contributed by atoms with E-state index in [9.17, 15) is 0 Å². The van der Waals surface area contributed by atoms with Crippen LogP contribution in [0.2, 0.25) is 0 Å². The molecule has 0 amide bonds. The molecule has 1 fully saturated rings. The summed E-state index contributed by atoms with van der Waals surface area (Å²) in [5, 5.41) is 1.76. The van der Waals surface area contributed by atoms with E-state index in [2.05, 4.69) is 30.3 Å². The molecule has 0 N–H and O–H groups in total. The molecular weight excluding hydrogens is 187 g/mol. The molecule has 72 valence electrons. The van der Waals surface area contributed by atoms with Crippen LogP contribution in [0.15, 0.2) is 29.6 Å². The van der Waals surface area contributed by atoms with E-state index in [0.717, 1.165) is 0 Å². The van der Waals surface area contributed by atoms with E-state index in [-0.39, 0.29) is 7.92 Å². The second kappa shape index (κ2) is 3.51.